The number of carbonyl (C=O) groups excluding carboxylic acids is 2. The van der Waals surface area contributed by atoms with Crippen molar-refractivity contribution in [3.63, 3.8) is 0 Å². The van der Waals surface area contributed by atoms with E-state index >= 15 is 0 Å². The Labute approximate surface area is 125 Å². The van der Waals surface area contributed by atoms with Crippen molar-refractivity contribution >= 4 is 11.9 Å². The molecule has 2 aliphatic carbocycles. The first-order valence-corrected chi connectivity index (χ1v) is 7.61. The molecule has 2 bridgehead atoms. The lowest BCUT2D eigenvalue weighted by Crippen LogP contribution is -2.33. The molecule has 5 nitrogen and oxygen atoms in total. The Bertz CT molecular complexity index is 430. The molecule has 0 aromatic carbocycles. The summed E-state index contributed by atoms with van der Waals surface area (Å²) in [6, 6.07) is 0. The maximum atomic E-state index is 12.1. The van der Waals surface area contributed by atoms with E-state index in [0.29, 0.717) is 12.2 Å². The van der Waals surface area contributed by atoms with E-state index in [1.165, 1.54) is 0 Å². The minimum Gasteiger partial charge on any atom is -0.459 e. The van der Waals surface area contributed by atoms with Crippen molar-refractivity contribution < 1.29 is 23.8 Å². The predicted octanol–water partition coefficient (Wildman–Crippen LogP) is 2.45. The van der Waals surface area contributed by atoms with E-state index in [2.05, 4.69) is 6.58 Å². The normalized spacial score (nSPS) is 31.8. The molecule has 0 amide bonds. The molecule has 2 aliphatic rings. The second kappa shape index (κ2) is 6.60. The lowest BCUT2D eigenvalue weighted by atomic mass is 9.87. The summed E-state index contributed by atoms with van der Waals surface area (Å²) in [6.45, 7) is 9.34. The van der Waals surface area contributed by atoms with Crippen molar-refractivity contribution in [3.05, 3.63) is 12.2 Å². The molecule has 0 N–H and O–H groups in total. The molecule has 0 radical (unpaired) electrons. The number of rotatable bonds is 6. The first kappa shape index (κ1) is 16.0. The van der Waals surface area contributed by atoms with Crippen LogP contribution in [0.4, 0.5) is 0 Å². The Morgan fingerprint density at radius 3 is 2.48 bits per heavy atom. The van der Waals surface area contributed by atoms with Gasteiger partial charge in [-0.3, -0.25) is 4.79 Å². The molecule has 2 fully saturated rings. The van der Waals surface area contributed by atoms with Gasteiger partial charge < -0.3 is 14.2 Å². The molecule has 2 rings (SSSR count). The number of hydrogen-bond acceptors (Lipinski definition) is 5. The topological polar surface area (TPSA) is 61.8 Å². The largest absolute Gasteiger partial charge is 0.459 e. The molecule has 0 aliphatic heterocycles. The van der Waals surface area contributed by atoms with Gasteiger partial charge in [0.1, 0.15) is 6.10 Å². The summed E-state index contributed by atoms with van der Waals surface area (Å²) in [6.07, 6.45) is 1.83. The summed E-state index contributed by atoms with van der Waals surface area (Å²) in [7, 11) is 0. The van der Waals surface area contributed by atoms with E-state index in [0.717, 1.165) is 19.3 Å². The zero-order chi connectivity index (χ0) is 15.6. The highest BCUT2D eigenvalue weighted by Gasteiger charge is 2.51. The fraction of sp³-hybridized carbons (Fsp3) is 0.750. The Kier molecular flexibility index (Phi) is 5.04. The van der Waals surface area contributed by atoms with Crippen LogP contribution in [0.3, 0.4) is 0 Å². The summed E-state index contributed by atoms with van der Waals surface area (Å²) in [5.74, 6) is -0.0973. The summed E-state index contributed by atoms with van der Waals surface area (Å²) >= 11 is 0. The van der Waals surface area contributed by atoms with Gasteiger partial charge in [0.2, 0.25) is 0 Å². The molecule has 0 spiro atoms. The summed E-state index contributed by atoms with van der Waals surface area (Å²) in [5, 5.41) is 0. The molecule has 0 aromatic heterocycles. The van der Waals surface area contributed by atoms with Gasteiger partial charge in [-0.15, -0.1) is 0 Å². The van der Waals surface area contributed by atoms with Gasteiger partial charge in [-0.25, -0.2) is 4.79 Å². The molecule has 118 valence electrons. The Hall–Kier alpha value is -1.36. The van der Waals surface area contributed by atoms with E-state index in [1.807, 2.05) is 6.92 Å². The van der Waals surface area contributed by atoms with Crippen molar-refractivity contribution in [1.82, 2.24) is 0 Å². The number of esters is 2. The quantitative estimate of drug-likeness (QED) is 0.428. The average Bonchev–Trinajstić information content (AvgIpc) is 2.98. The van der Waals surface area contributed by atoms with Crippen LogP contribution in [0.5, 0.6) is 0 Å². The lowest BCUT2D eigenvalue weighted by molar-refractivity contribution is -0.181. The van der Waals surface area contributed by atoms with Crippen LogP contribution in [0.1, 0.15) is 40.0 Å². The van der Waals surface area contributed by atoms with E-state index in [-0.39, 0.29) is 35.8 Å². The van der Waals surface area contributed by atoms with Crippen LogP contribution in [-0.4, -0.2) is 30.9 Å². The maximum absolute atomic E-state index is 12.1. The minimum absolute atomic E-state index is 0.0763. The van der Waals surface area contributed by atoms with Crippen LogP contribution in [0.2, 0.25) is 0 Å². The average molecular weight is 296 g/mol. The Morgan fingerprint density at radius 2 is 1.95 bits per heavy atom. The van der Waals surface area contributed by atoms with Gasteiger partial charge in [-0.1, -0.05) is 6.58 Å². The van der Waals surface area contributed by atoms with Gasteiger partial charge in [0.15, 0.2) is 6.29 Å². The molecule has 0 saturated heterocycles. The van der Waals surface area contributed by atoms with Crippen LogP contribution < -0.4 is 0 Å². The fourth-order valence-corrected chi connectivity index (χ4v) is 3.41. The first-order chi connectivity index (χ1) is 9.92. The number of ether oxygens (including phenoxy) is 3. The first-order valence-electron chi connectivity index (χ1n) is 7.61. The van der Waals surface area contributed by atoms with Gasteiger partial charge in [0.05, 0.1) is 5.92 Å². The zero-order valence-corrected chi connectivity index (χ0v) is 13.0. The predicted molar refractivity (Wildman–Crippen MR) is 76.2 cm³/mol. The van der Waals surface area contributed by atoms with E-state index in [4.69, 9.17) is 14.2 Å². The van der Waals surface area contributed by atoms with E-state index in [9.17, 15) is 9.59 Å². The summed E-state index contributed by atoms with van der Waals surface area (Å²) in [4.78, 5) is 23.7. The standard InChI is InChI=1S/C16H24O5/c1-5-19-10(4)20-16(18)13-7-12-6-11(13)8-14(12)21-15(17)9(2)3/h10-14H,2,5-8H2,1,3-4H3. The van der Waals surface area contributed by atoms with Crippen LogP contribution >= 0.6 is 0 Å². The third-order valence-electron chi connectivity index (χ3n) is 4.39. The molecular weight excluding hydrogens is 272 g/mol. The molecule has 21 heavy (non-hydrogen) atoms. The van der Waals surface area contributed by atoms with Gasteiger partial charge in [-0.05, 0) is 51.9 Å². The smallest absolute Gasteiger partial charge is 0.333 e. The molecular formula is C16H24O5. The Morgan fingerprint density at radius 1 is 1.24 bits per heavy atom. The second-order valence-electron chi connectivity index (χ2n) is 6.02. The maximum Gasteiger partial charge on any atom is 0.333 e. The van der Waals surface area contributed by atoms with Crippen LogP contribution in [-0.2, 0) is 23.8 Å². The second-order valence-corrected chi connectivity index (χ2v) is 6.02. The van der Waals surface area contributed by atoms with Crippen molar-refractivity contribution in [2.24, 2.45) is 17.8 Å². The van der Waals surface area contributed by atoms with Crippen molar-refractivity contribution in [1.29, 1.82) is 0 Å². The highest BCUT2D eigenvalue weighted by molar-refractivity contribution is 5.87. The minimum atomic E-state index is -0.501. The fourth-order valence-electron chi connectivity index (χ4n) is 3.41. The molecule has 0 aromatic rings. The van der Waals surface area contributed by atoms with Crippen molar-refractivity contribution in [2.75, 3.05) is 6.61 Å². The van der Waals surface area contributed by atoms with Gasteiger partial charge in [0, 0.05) is 12.2 Å². The van der Waals surface area contributed by atoms with Crippen LogP contribution in [0.15, 0.2) is 12.2 Å². The van der Waals surface area contributed by atoms with Gasteiger partial charge in [0.25, 0.3) is 0 Å². The summed E-state index contributed by atoms with van der Waals surface area (Å²) in [5.41, 5.74) is 0.416. The molecule has 5 atom stereocenters. The SMILES string of the molecule is C=C(C)C(=O)OC1CC2CC1CC2C(=O)OC(C)OCC. The number of carbonyl (C=O) groups is 2. The van der Waals surface area contributed by atoms with E-state index in [1.54, 1.807) is 13.8 Å². The highest BCUT2D eigenvalue weighted by atomic mass is 16.7. The van der Waals surface area contributed by atoms with Crippen LogP contribution in [0.25, 0.3) is 0 Å². The number of hydrogen-bond donors (Lipinski definition) is 0. The van der Waals surface area contributed by atoms with Crippen molar-refractivity contribution in [3.8, 4) is 0 Å². The third-order valence-corrected chi connectivity index (χ3v) is 4.39. The molecule has 5 heteroatoms. The monoisotopic (exact) mass is 296 g/mol. The highest BCUT2D eigenvalue weighted by Crippen LogP contribution is 2.50. The number of fused-ring (bicyclic) bond motifs is 2. The Balaban J connectivity index is 1.84. The third kappa shape index (κ3) is 3.64. The lowest BCUT2D eigenvalue weighted by Gasteiger charge is -2.27. The molecule has 5 unspecified atom stereocenters. The van der Waals surface area contributed by atoms with Gasteiger partial charge >= 0.3 is 11.9 Å². The van der Waals surface area contributed by atoms with Crippen molar-refractivity contribution in [2.45, 2.75) is 52.4 Å². The van der Waals surface area contributed by atoms with E-state index < -0.39 is 6.29 Å². The van der Waals surface area contributed by atoms with Crippen LogP contribution in [0, 0.1) is 17.8 Å². The summed E-state index contributed by atoms with van der Waals surface area (Å²) < 4.78 is 16.0. The molecule has 2 saturated carbocycles. The van der Waals surface area contributed by atoms with Gasteiger partial charge in [-0.2, -0.15) is 0 Å². The molecule has 0 heterocycles. The zero-order valence-electron chi connectivity index (χ0n) is 13.0.